The number of nitrogens with one attached hydrogen (secondary N) is 1. The number of hydrogen-bond donors (Lipinski definition) is 1. The molecule has 2 aliphatic heterocycles. The van der Waals surface area contributed by atoms with Gasteiger partial charge in [-0.15, -0.1) is 0 Å². The first-order valence-electron chi connectivity index (χ1n) is 6.72. The highest BCUT2D eigenvalue weighted by Crippen LogP contribution is 2.19. The minimum absolute atomic E-state index is 0.00627. The van der Waals surface area contributed by atoms with E-state index in [0.29, 0.717) is 39.5 Å². The molecule has 0 aromatic carbocycles. The molecule has 6 nitrogen and oxygen atoms in total. The molecule has 0 unspecified atom stereocenters. The molecule has 1 N–H and O–H groups in total. The van der Waals surface area contributed by atoms with Crippen molar-refractivity contribution in [2.45, 2.75) is 37.7 Å². The number of sulfonamides is 1. The van der Waals surface area contributed by atoms with E-state index in [-0.39, 0.29) is 16.9 Å². The molecule has 2 aliphatic rings. The molecule has 2 fully saturated rings. The highest BCUT2D eigenvalue weighted by molar-refractivity contribution is 7.89. The van der Waals surface area contributed by atoms with Gasteiger partial charge in [-0.25, -0.2) is 8.42 Å². The van der Waals surface area contributed by atoms with Gasteiger partial charge in [0.2, 0.25) is 10.0 Å². The van der Waals surface area contributed by atoms with Crippen molar-refractivity contribution in [2.75, 3.05) is 39.5 Å². The van der Waals surface area contributed by atoms with Gasteiger partial charge < -0.3 is 14.8 Å². The highest BCUT2D eigenvalue weighted by atomic mass is 32.2. The van der Waals surface area contributed by atoms with Crippen LogP contribution < -0.4 is 5.32 Å². The molecule has 0 aliphatic carbocycles. The van der Waals surface area contributed by atoms with Gasteiger partial charge in [0.1, 0.15) is 5.25 Å². The van der Waals surface area contributed by atoms with Crippen LogP contribution in [0.25, 0.3) is 0 Å². The van der Waals surface area contributed by atoms with Gasteiger partial charge in [-0.2, -0.15) is 4.31 Å². The number of hydrogen-bond acceptors (Lipinski definition) is 5. The molecule has 19 heavy (non-hydrogen) atoms. The first-order chi connectivity index (χ1) is 8.79. The predicted molar refractivity (Wildman–Crippen MR) is 72.6 cm³/mol. The normalized spacial score (nSPS) is 27.2. The smallest absolute Gasteiger partial charge is 0.221 e. The van der Waals surface area contributed by atoms with Gasteiger partial charge in [0.25, 0.3) is 0 Å². The van der Waals surface area contributed by atoms with Crippen molar-refractivity contribution in [3.63, 3.8) is 0 Å². The van der Waals surface area contributed by atoms with E-state index >= 15 is 0 Å². The Morgan fingerprint density at radius 1 is 1.32 bits per heavy atom. The minimum Gasteiger partial charge on any atom is -0.378 e. The van der Waals surface area contributed by atoms with Crippen molar-refractivity contribution >= 4 is 10.0 Å². The van der Waals surface area contributed by atoms with Crippen LogP contribution in [0.5, 0.6) is 0 Å². The Kier molecular flexibility index (Phi) is 4.52. The third-order valence-corrected chi connectivity index (χ3v) is 5.52. The van der Waals surface area contributed by atoms with Gasteiger partial charge >= 0.3 is 0 Å². The summed E-state index contributed by atoms with van der Waals surface area (Å²) >= 11 is 0. The second-order valence-corrected chi connectivity index (χ2v) is 8.40. The molecule has 0 radical (unpaired) electrons. The van der Waals surface area contributed by atoms with Gasteiger partial charge in [-0.1, -0.05) is 0 Å². The molecule has 0 aromatic rings. The van der Waals surface area contributed by atoms with Gasteiger partial charge in [0.15, 0.2) is 0 Å². The third kappa shape index (κ3) is 3.88. The molecule has 0 aromatic heterocycles. The highest BCUT2D eigenvalue weighted by Gasteiger charge is 2.39. The number of nitrogens with zero attached hydrogens (tertiary/aromatic N) is 1. The Hall–Kier alpha value is -0.210. The van der Waals surface area contributed by atoms with Crippen LogP contribution in [0.15, 0.2) is 0 Å². The summed E-state index contributed by atoms with van der Waals surface area (Å²) in [5.74, 6) is 0. The molecule has 112 valence electrons. The lowest BCUT2D eigenvalue weighted by Gasteiger charge is -2.37. The summed E-state index contributed by atoms with van der Waals surface area (Å²) in [6.45, 7) is 8.89. The van der Waals surface area contributed by atoms with Crippen LogP contribution in [0.4, 0.5) is 0 Å². The van der Waals surface area contributed by atoms with E-state index in [4.69, 9.17) is 9.47 Å². The Morgan fingerprint density at radius 2 is 2.00 bits per heavy atom. The molecule has 1 atom stereocenters. The molecule has 2 rings (SSSR count). The van der Waals surface area contributed by atoms with Gasteiger partial charge in [0.05, 0.1) is 25.9 Å². The van der Waals surface area contributed by atoms with E-state index in [1.54, 1.807) is 4.31 Å². The molecule has 0 spiro atoms. The number of ether oxygens (including phenoxy) is 2. The standard InChI is InChI=1S/C12H24N2O4S/c1-12(2,3)13-6-10-7-14(4-5-18-10)19(15,16)11-8-17-9-11/h10-11,13H,4-9H2,1-3H3/t10-/m1/s1. The van der Waals surface area contributed by atoms with Crippen LogP contribution in [0, 0.1) is 0 Å². The molecule has 7 heteroatoms. The van der Waals surface area contributed by atoms with Crippen molar-refractivity contribution < 1.29 is 17.9 Å². The lowest BCUT2D eigenvalue weighted by atomic mass is 10.1. The molecule has 0 amide bonds. The number of morpholine rings is 1. The van der Waals surface area contributed by atoms with Crippen LogP contribution in [0.1, 0.15) is 20.8 Å². The van der Waals surface area contributed by atoms with Gasteiger partial charge in [-0.05, 0) is 20.8 Å². The lowest BCUT2D eigenvalue weighted by molar-refractivity contribution is -0.00723. The van der Waals surface area contributed by atoms with E-state index in [2.05, 4.69) is 26.1 Å². The first-order valence-corrected chi connectivity index (χ1v) is 8.23. The molecule has 0 bridgehead atoms. The van der Waals surface area contributed by atoms with Crippen LogP contribution in [0.2, 0.25) is 0 Å². The summed E-state index contributed by atoms with van der Waals surface area (Å²) in [6.07, 6.45) is -0.0799. The fourth-order valence-corrected chi connectivity index (χ4v) is 3.72. The molecule has 0 saturated carbocycles. The summed E-state index contributed by atoms with van der Waals surface area (Å²) < 4.78 is 36.7. The van der Waals surface area contributed by atoms with Crippen LogP contribution in [0.3, 0.4) is 0 Å². The van der Waals surface area contributed by atoms with E-state index < -0.39 is 10.0 Å². The maximum atomic E-state index is 12.3. The quantitative estimate of drug-likeness (QED) is 0.777. The second kappa shape index (κ2) is 5.65. The summed E-state index contributed by atoms with van der Waals surface area (Å²) in [7, 11) is -3.21. The average Bonchev–Trinajstić information content (AvgIpc) is 2.23. The molecular weight excluding hydrogens is 268 g/mol. The van der Waals surface area contributed by atoms with Crippen LogP contribution in [-0.2, 0) is 19.5 Å². The van der Waals surface area contributed by atoms with Crippen molar-refractivity contribution in [3.05, 3.63) is 0 Å². The third-order valence-electron chi connectivity index (χ3n) is 3.35. The Bertz CT molecular complexity index is 400. The Labute approximate surface area is 115 Å². The SMILES string of the molecule is CC(C)(C)NC[C@@H]1CN(S(=O)(=O)C2COC2)CCO1. The van der Waals surface area contributed by atoms with E-state index in [9.17, 15) is 8.42 Å². The zero-order valence-corrected chi connectivity index (χ0v) is 12.7. The van der Waals surface area contributed by atoms with Gasteiger partial charge in [-0.3, -0.25) is 0 Å². The fraction of sp³-hybridized carbons (Fsp3) is 1.00. The van der Waals surface area contributed by atoms with Gasteiger partial charge in [0, 0.05) is 25.2 Å². The number of rotatable bonds is 4. The summed E-state index contributed by atoms with van der Waals surface area (Å²) in [4.78, 5) is 0. The maximum Gasteiger partial charge on any atom is 0.221 e. The van der Waals surface area contributed by atoms with E-state index in [1.807, 2.05) is 0 Å². The van der Waals surface area contributed by atoms with Crippen molar-refractivity contribution in [3.8, 4) is 0 Å². The van der Waals surface area contributed by atoms with E-state index in [0.717, 1.165) is 0 Å². The summed E-state index contributed by atoms with van der Waals surface area (Å²) in [6, 6.07) is 0. The molecule has 2 saturated heterocycles. The first kappa shape index (κ1) is 15.2. The summed E-state index contributed by atoms with van der Waals surface area (Å²) in [5.41, 5.74) is 0.00627. The van der Waals surface area contributed by atoms with E-state index in [1.165, 1.54) is 0 Å². The zero-order chi connectivity index (χ0) is 14.1. The average molecular weight is 292 g/mol. The largest absolute Gasteiger partial charge is 0.378 e. The van der Waals surface area contributed by atoms with Crippen molar-refractivity contribution in [2.24, 2.45) is 0 Å². The molecular formula is C12H24N2O4S. The monoisotopic (exact) mass is 292 g/mol. The Morgan fingerprint density at radius 3 is 2.53 bits per heavy atom. The lowest BCUT2D eigenvalue weighted by Crippen LogP contribution is -2.56. The fourth-order valence-electron chi connectivity index (χ4n) is 2.06. The zero-order valence-electron chi connectivity index (χ0n) is 11.9. The molecule has 2 heterocycles. The van der Waals surface area contributed by atoms with Crippen molar-refractivity contribution in [1.82, 2.24) is 9.62 Å². The van der Waals surface area contributed by atoms with Crippen molar-refractivity contribution in [1.29, 1.82) is 0 Å². The summed E-state index contributed by atoms with van der Waals surface area (Å²) in [5, 5.41) is 2.99. The predicted octanol–water partition coefficient (Wildman–Crippen LogP) is -0.196. The minimum atomic E-state index is -3.21. The maximum absolute atomic E-state index is 12.3. The van der Waals surface area contributed by atoms with Crippen LogP contribution >= 0.6 is 0 Å². The second-order valence-electron chi connectivity index (χ2n) is 6.19. The Balaban J connectivity index is 1.90. The van der Waals surface area contributed by atoms with Crippen LogP contribution in [-0.4, -0.2) is 69.1 Å². The topological polar surface area (TPSA) is 67.9 Å².